The first-order chi connectivity index (χ1) is 27.6. The Hall–Kier alpha value is -5.59. The van der Waals surface area contributed by atoms with Gasteiger partial charge in [-0.05, 0) is 93.3 Å². The number of nitrogens with zero attached hydrogens (tertiary/aromatic N) is 8. The number of fused-ring (bicyclic) bond motifs is 1. The standard InChI is InChI=1S/C41H44ClN9O6/c42-33-22-30(5-1-26(33)23-43)57-29-6-2-27(3-7-29)50-37(52)12-10-35(41(50)56)51-39(54)31-8-4-28(21-32(31)40(51)55)48-19-17-47(18-20-48)24-25-13-15-49(16-14-25)36-11-9-34(38(44)53)45-46-36/h1,4-5,8-9,11,21-22,25,27,29,35H,2-3,6-7,10,12-20,24H2,(H2,44,53). The Morgan fingerprint density at radius 2 is 1.54 bits per heavy atom. The summed E-state index contributed by atoms with van der Waals surface area (Å²) < 4.78 is 6.10. The number of ether oxygens (including phenoxy) is 1. The Balaban J connectivity index is 0.837. The Bertz CT molecular complexity index is 2120. The molecule has 1 saturated carbocycles. The minimum Gasteiger partial charge on any atom is -0.490 e. The third kappa shape index (κ3) is 7.76. The van der Waals surface area contributed by atoms with Crippen LogP contribution in [0.1, 0.15) is 88.1 Å². The van der Waals surface area contributed by atoms with E-state index in [2.05, 4.69) is 24.9 Å². The number of carbonyl (C=O) groups excluding carboxylic acids is 5. The molecule has 16 heteroatoms. The van der Waals surface area contributed by atoms with Gasteiger partial charge in [0.2, 0.25) is 5.91 Å². The minimum absolute atomic E-state index is 0.0690. The van der Waals surface area contributed by atoms with Crippen LogP contribution in [0, 0.1) is 17.2 Å². The lowest BCUT2D eigenvalue weighted by Crippen LogP contribution is -2.59. The second kappa shape index (κ2) is 16.1. The lowest BCUT2D eigenvalue weighted by Gasteiger charge is -2.41. The number of piperidine rings is 2. The summed E-state index contributed by atoms with van der Waals surface area (Å²) >= 11 is 6.17. The van der Waals surface area contributed by atoms with Gasteiger partial charge in [-0.3, -0.25) is 38.7 Å². The number of likely N-dealkylation sites (tertiary alicyclic amines) is 1. The zero-order chi connectivity index (χ0) is 39.8. The summed E-state index contributed by atoms with van der Waals surface area (Å²) in [5.41, 5.74) is 7.24. The largest absolute Gasteiger partial charge is 0.490 e. The molecule has 0 bridgehead atoms. The lowest BCUT2D eigenvalue weighted by molar-refractivity contribution is -0.155. The number of rotatable bonds is 9. The van der Waals surface area contributed by atoms with E-state index in [4.69, 9.17) is 27.3 Å². The van der Waals surface area contributed by atoms with Crippen molar-refractivity contribution >= 4 is 52.6 Å². The van der Waals surface area contributed by atoms with Crippen LogP contribution < -0.4 is 20.3 Å². The minimum atomic E-state index is -1.04. The van der Waals surface area contributed by atoms with Gasteiger partial charge in [0, 0.05) is 70.0 Å². The normalized spacial score (nSPS) is 23.5. The van der Waals surface area contributed by atoms with Gasteiger partial charge in [-0.1, -0.05) is 11.6 Å². The molecule has 5 amide bonds. The molecule has 3 saturated heterocycles. The van der Waals surface area contributed by atoms with Crippen molar-refractivity contribution < 1.29 is 28.7 Å². The van der Waals surface area contributed by atoms with Crippen molar-refractivity contribution in [3.05, 3.63) is 75.9 Å². The van der Waals surface area contributed by atoms with E-state index in [1.165, 1.54) is 4.90 Å². The zero-order valence-electron chi connectivity index (χ0n) is 31.5. The fourth-order valence-corrected chi connectivity index (χ4v) is 9.15. The molecule has 1 aliphatic carbocycles. The topological polar surface area (TPSA) is 186 Å². The second-order valence-corrected chi connectivity index (χ2v) is 15.9. The average Bonchev–Trinajstić information content (AvgIpc) is 3.47. The van der Waals surface area contributed by atoms with Crippen molar-refractivity contribution in [3.8, 4) is 11.8 Å². The highest BCUT2D eigenvalue weighted by Crippen LogP contribution is 2.35. The highest BCUT2D eigenvalue weighted by Gasteiger charge is 2.49. The van der Waals surface area contributed by atoms with E-state index in [0.717, 1.165) is 75.1 Å². The van der Waals surface area contributed by atoms with Crippen LogP contribution in [-0.4, -0.2) is 118 Å². The highest BCUT2D eigenvalue weighted by molar-refractivity contribution is 6.31. The molecule has 3 aromatic rings. The quantitative estimate of drug-likeness (QED) is 0.311. The van der Waals surface area contributed by atoms with Crippen LogP contribution in [0.15, 0.2) is 48.5 Å². The van der Waals surface area contributed by atoms with Crippen LogP contribution in [0.25, 0.3) is 0 Å². The van der Waals surface area contributed by atoms with Gasteiger partial charge in [0.25, 0.3) is 23.6 Å². The summed E-state index contributed by atoms with van der Waals surface area (Å²) in [4.78, 5) is 75.4. The monoisotopic (exact) mass is 793 g/mol. The lowest BCUT2D eigenvalue weighted by atomic mass is 9.89. The van der Waals surface area contributed by atoms with E-state index in [1.807, 2.05) is 12.1 Å². The SMILES string of the molecule is N#Cc1ccc(OC2CCC(N3C(=O)CCC(N4C(=O)c5ccc(N6CCN(CC7CCN(c8ccc(C(N)=O)nn8)CC7)CC6)cc5C4=O)C3=O)CC2)cc1Cl. The van der Waals surface area contributed by atoms with Gasteiger partial charge in [0.15, 0.2) is 11.5 Å². The number of imide groups is 2. The summed E-state index contributed by atoms with van der Waals surface area (Å²) in [5.74, 6) is -0.521. The zero-order valence-corrected chi connectivity index (χ0v) is 32.3. The van der Waals surface area contributed by atoms with Crippen molar-refractivity contribution in [1.29, 1.82) is 5.26 Å². The average molecular weight is 794 g/mol. The van der Waals surface area contributed by atoms with Crippen molar-refractivity contribution in [3.63, 3.8) is 0 Å². The van der Waals surface area contributed by atoms with E-state index in [9.17, 15) is 24.0 Å². The molecule has 296 valence electrons. The number of anilines is 2. The number of piperazine rings is 1. The maximum absolute atomic E-state index is 14.0. The summed E-state index contributed by atoms with van der Waals surface area (Å²) in [5, 5.41) is 17.6. The van der Waals surface area contributed by atoms with Gasteiger partial charge < -0.3 is 20.3 Å². The van der Waals surface area contributed by atoms with E-state index in [-0.39, 0.29) is 47.7 Å². The maximum Gasteiger partial charge on any atom is 0.269 e. The fourth-order valence-electron chi connectivity index (χ4n) is 8.94. The molecule has 1 atom stereocenters. The van der Waals surface area contributed by atoms with Crippen LogP contribution in [-0.2, 0) is 9.59 Å². The number of nitrogens with two attached hydrogens (primary N) is 1. The van der Waals surface area contributed by atoms with Gasteiger partial charge in [-0.2, -0.15) is 5.26 Å². The summed E-state index contributed by atoms with van der Waals surface area (Å²) in [7, 11) is 0. The molecule has 1 unspecified atom stereocenters. The Morgan fingerprint density at radius 1 is 0.807 bits per heavy atom. The molecule has 0 radical (unpaired) electrons. The third-order valence-electron chi connectivity index (χ3n) is 12.1. The number of hydrogen-bond acceptors (Lipinski definition) is 12. The predicted octanol–water partition coefficient (Wildman–Crippen LogP) is 3.64. The van der Waals surface area contributed by atoms with Crippen LogP contribution in [0.5, 0.6) is 5.75 Å². The molecule has 5 heterocycles. The first-order valence-electron chi connectivity index (χ1n) is 19.7. The Labute approximate surface area is 335 Å². The molecule has 5 aliphatic rings. The number of benzene rings is 2. The van der Waals surface area contributed by atoms with E-state index < -0.39 is 29.7 Å². The number of hydrogen-bond donors (Lipinski definition) is 1. The Kier molecular flexibility index (Phi) is 10.8. The summed E-state index contributed by atoms with van der Waals surface area (Å²) in [6, 6.07) is 14.3. The molecular formula is C41H44ClN9O6. The van der Waals surface area contributed by atoms with Crippen molar-refractivity contribution in [2.45, 2.75) is 69.6 Å². The fraction of sp³-hybridized carbons (Fsp3) is 0.463. The number of carbonyl (C=O) groups is 5. The van der Waals surface area contributed by atoms with Gasteiger partial charge in [0.05, 0.1) is 27.8 Å². The number of halogens is 1. The van der Waals surface area contributed by atoms with Gasteiger partial charge >= 0.3 is 0 Å². The molecule has 8 rings (SSSR count). The number of amides is 5. The molecule has 4 fully saturated rings. The first kappa shape index (κ1) is 38.3. The van der Waals surface area contributed by atoms with Crippen LogP contribution >= 0.6 is 11.6 Å². The smallest absolute Gasteiger partial charge is 0.269 e. The molecule has 0 spiro atoms. The number of nitriles is 1. The molecule has 4 aliphatic heterocycles. The van der Waals surface area contributed by atoms with Crippen molar-refractivity contribution in [1.82, 2.24) is 24.9 Å². The van der Waals surface area contributed by atoms with Crippen molar-refractivity contribution in [2.75, 3.05) is 55.6 Å². The van der Waals surface area contributed by atoms with Gasteiger partial charge in [-0.15, -0.1) is 10.2 Å². The van der Waals surface area contributed by atoms with E-state index >= 15 is 0 Å². The Morgan fingerprint density at radius 3 is 2.21 bits per heavy atom. The number of primary amides is 1. The molecule has 1 aromatic heterocycles. The second-order valence-electron chi connectivity index (χ2n) is 15.5. The molecule has 15 nitrogen and oxygen atoms in total. The summed E-state index contributed by atoms with van der Waals surface area (Å²) in [6.07, 6.45) is 4.33. The summed E-state index contributed by atoms with van der Waals surface area (Å²) in [6.45, 7) is 6.02. The molecule has 2 aromatic carbocycles. The van der Waals surface area contributed by atoms with Crippen molar-refractivity contribution in [2.24, 2.45) is 11.7 Å². The molecular weight excluding hydrogens is 750 g/mol. The van der Waals surface area contributed by atoms with Gasteiger partial charge in [0.1, 0.15) is 17.9 Å². The van der Waals surface area contributed by atoms with Crippen LogP contribution in [0.4, 0.5) is 11.5 Å². The van der Waals surface area contributed by atoms with E-state index in [0.29, 0.717) is 47.9 Å². The predicted molar refractivity (Wildman–Crippen MR) is 209 cm³/mol. The first-order valence-corrected chi connectivity index (χ1v) is 20.1. The van der Waals surface area contributed by atoms with Crippen LogP contribution in [0.2, 0.25) is 5.02 Å². The van der Waals surface area contributed by atoms with E-state index in [1.54, 1.807) is 42.5 Å². The number of aromatic nitrogens is 2. The van der Waals surface area contributed by atoms with Crippen LogP contribution in [0.3, 0.4) is 0 Å². The third-order valence-corrected chi connectivity index (χ3v) is 12.4. The van der Waals surface area contributed by atoms with Gasteiger partial charge in [-0.25, -0.2) is 0 Å². The molecule has 57 heavy (non-hydrogen) atoms. The molecule has 2 N–H and O–H groups in total. The highest BCUT2D eigenvalue weighted by atomic mass is 35.5. The maximum atomic E-state index is 14.0.